The number of hydrogen-bond donors (Lipinski definition) is 0. The molecule has 3 atom stereocenters. The van der Waals surface area contributed by atoms with Gasteiger partial charge in [-0.2, -0.15) is 0 Å². The van der Waals surface area contributed by atoms with Crippen LogP contribution in [-0.4, -0.2) is 28.3 Å². The Morgan fingerprint density at radius 2 is 1.76 bits per heavy atom. The van der Waals surface area contributed by atoms with Crippen LogP contribution in [0.25, 0.3) is 0 Å². The summed E-state index contributed by atoms with van der Waals surface area (Å²) in [4.78, 5) is 36.3. The summed E-state index contributed by atoms with van der Waals surface area (Å²) in [5, 5.41) is 11.4. The van der Waals surface area contributed by atoms with Gasteiger partial charge in [0.15, 0.2) is 5.78 Å². The van der Waals surface area contributed by atoms with Crippen LogP contribution in [0.2, 0.25) is 0 Å². The molecule has 0 unspecified atom stereocenters. The largest absolute Gasteiger partial charge is 0.459 e. The zero-order valence-electron chi connectivity index (χ0n) is 15.3. The van der Waals surface area contributed by atoms with Crippen molar-refractivity contribution in [3.05, 3.63) is 58.2 Å². The Kier molecular flexibility index (Phi) is 7.03. The zero-order chi connectivity index (χ0) is 19.2. The summed E-state index contributed by atoms with van der Waals surface area (Å²) in [6.45, 7) is 8.13. The van der Waals surface area contributed by atoms with Crippen molar-refractivity contribution in [2.75, 3.05) is 0 Å². The topological polar surface area (TPSA) is 86.5 Å². The van der Waals surface area contributed by atoms with Gasteiger partial charge in [0.1, 0.15) is 11.5 Å². The van der Waals surface area contributed by atoms with Crippen LogP contribution in [-0.2, 0) is 14.3 Å². The van der Waals surface area contributed by atoms with Crippen molar-refractivity contribution in [1.29, 1.82) is 0 Å². The van der Waals surface area contributed by atoms with Gasteiger partial charge in [-0.15, -0.1) is 0 Å². The highest BCUT2D eigenvalue weighted by molar-refractivity contribution is 6.06. The van der Waals surface area contributed by atoms with Gasteiger partial charge in [-0.05, 0) is 39.3 Å². The first-order valence-electron chi connectivity index (χ1n) is 8.16. The summed E-state index contributed by atoms with van der Waals surface area (Å²) in [6.07, 6.45) is 2.77. The van der Waals surface area contributed by atoms with Gasteiger partial charge >= 0.3 is 5.97 Å². The summed E-state index contributed by atoms with van der Waals surface area (Å²) in [5.74, 6) is -3.45. The first-order valence-corrected chi connectivity index (χ1v) is 8.16. The highest BCUT2D eigenvalue weighted by Gasteiger charge is 2.44. The molecule has 6 heteroatoms. The number of ether oxygens (including phenoxy) is 1. The maximum Gasteiger partial charge on any atom is 0.318 e. The van der Waals surface area contributed by atoms with Crippen molar-refractivity contribution in [2.45, 2.75) is 52.2 Å². The van der Waals surface area contributed by atoms with E-state index >= 15 is 0 Å². The quantitative estimate of drug-likeness (QED) is 0.247. The summed E-state index contributed by atoms with van der Waals surface area (Å²) in [7, 11) is 0. The van der Waals surface area contributed by atoms with Gasteiger partial charge in [-0.1, -0.05) is 36.4 Å². The normalized spacial score (nSPS) is 15.4. The third kappa shape index (κ3) is 5.81. The van der Waals surface area contributed by atoms with Gasteiger partial charge in [-0.3, -0.25) is 19.7 Å². The monoisotopic (exact) mass is 347 g/mol. The smallest absolute Gasteiger partial charge is 0.318 e. The predicted molar refractivity (Wildman–Crippen MR) is 94.8 cm³/mol. The summed E-state index contributed by atoms with van der Waals surface area (Å²) >= 11 is 0. The average Bonchev–Trinajstić information content (AvgIpc) is 2.50. The molecule has 0 aliphatic rings. The Morgan fingerprint density at radius 3 is 2.20 bits per heavy atom. The van der Waals surface area contributed by atoms with E-state index < -0.39 is 40.2 Å². The second kappa shape index (κ2) is 8.55. The minimum atomic E-state index is -1.28. The molecule has 0 aliphatic heterocycles. The van der Waals surface area contributed by atoms with Crippen LogP contribution >= 0.6 is 0 Å². The first kappa shape index (κ1) is 20.5. The standard InChI is InChI=1S/C19H25NO5/c1-6-10-15(21)17(18(22)25-19(3,4)5)16(13(2)20(23)24)14-11-8-7-9-12-14/h6-13,16-17H,1-5H3/b10-6+/t13-,16+,17-/m1/s1. The molecule has 1 aromatic rings. The second-order valence-corrected chi connectivity index (χ2v) is 6.88. The molecule has 0 radical (unpaired) electrons. The first-order chi connectivity index (χ1) is 11.6. The van der Waals surface area contributed by atoms with E-state index in [0.717, 1.165) is 0 Å². The number of nitro groups is 1. The van der Waals surface area contributed by atoms with E-state index in [9.17, 15) is 19.7 Å². The number of carbonyl (C=O) groups excluding carboxylic acids is 2. The van der Waals surface area contributed by atoms with Crippen LogP contribution in [0.1, 0.15) is 46.1 Å². The van der Waals surface area contributed by atoms with Gasteiger partial charge < -0.3 is 4.74 Å². The Labute approximate surface area is 148 Å². The van der Waals surface area contributed by atoms with E-state index in [1.165, 1.54) is 19.1 Å². The maximum absolute atomic E-state index is 12.7. The fourth-order valence-electron chi connectivity index (χ4n) is 2.63. The Morgan fingerprint density at radius 1 is 1.20 bits per heavy atom. The SMILES string of the molecule is C/C=C/C(=O)[C@@H](C(=O)OC(C)(C)C)[C@H](c1ccccc1)[C@@H](C)[N+](=O)[O-]. The number of esters is 1. The summed E-state index contributed by atoms with van der Waals surface area (Å²) < 4.78 is 5.38. The number of ketones is 1. The molecule has 0 heterocycles. The minimum Gasteiger partial charge on any atom is -0.459 e. The van der Waals surface area contributed by atoms with Crippen LogP contribution in [0.4, 0.5) is 0 Å². The molecule has 0 aromatic heterocycles. The van der Waals surface area contributed by atoms with Crippen LogP contribution in [0.3, 0.4) is 0 Å². The van der Waals surface area contributed by atoms with Crippen LogP contribution < -0.4 is 0 Å². The van der Waals surface area contributed by atoms with Gasteiger partial charge in [0, 0.05) is 11.8 Å². The molecule has 0 N–H and O–H groups in total. The second-order valence-electron chi connectivity index (χ2n) is 6.88. The molecule has 0 fully saturated rings. The van der Waals surface area contributed by atoms with Crippen molar-refractivity contribution in [3.8, 4) is 0 Å². The molecule has 6 nitrogen and oxygen atoms in total. The molecule has 0 saturated heterocycles. The van der Waals surface area contributed by atoms with E-state index in [1.807, 2.05) is 0 Å². The van der Waals surface area contributed by atoms with Crippen molar-refractivity contribution in [3.63, 3.8) is 0 Å². The summed E-state index contributed by atoms with van der Waals surface area (Å²) in [6, 6.07) is 7.46. The lowest BCUT2D eigenvalue weighted by atomic mass is 9.78. The predicted octanol–water partition coefficient (Wildman–Crippen LogP) is 3.54. The number of carbonyl (C=O) groups is 2. The van der Waals surface area contributed by atoms with E-state index in [0.29, 0.717) is 5.56 Å². The lowest BCUT2D eigenvalue weighted by Crippen LogP contribution is -2.41. The number of allylic oxidation sites excluding steroid dienone is 2. The number of hydrogen-bond acceptors (Lipinski definition) is 5. The van der Waals surface area contributed by atoms with E-state index in [2.05, 4.69) is 0 Å². The van der Waals surface area contributed by atoms with Gasteiger partial charge in [0.2, 0.25) is 6.04 Å². The zero-order valence-corrected chi connectivity index (χ0v) is 15.3. The molecule has 0 aliphatic carbocycles. The summed E-state index contributed by atoms with van der Waals surface area (Å²) in [5.41, 5.74) is -0.245. The van der Waals surface area contributed by atoms with Crippen molar-refractivity contribution in [1.82, 2.24) is 0 Å². The fourth-order valence-corrected chi connectivity index (χ4v) is 2.63. The molecule has 0 amide bonds. The van der Waals surface area contributed by atoms with Crippen molar-refractivity contribution in [2.24, 2.45) is 5.92 Å². The van der Waals surface area contributed by atoms with Crippen LogP contribution in [0.15, 0.2) is 42.5 Å². The third-order valence-corrected chi connectivity index (χ3v) is 3.69. The number of rotatable bonds is 7. The molecule has 0 bridgehead atoms. The molecule has 136 valence electrons. The highest BCUT2D eigenvalue weighted by Crippen LogP contribution is 2.33. The molecule has 1 rings (SSSR count). The minimum absolute atomic E-state index is 0.474. The molecular formula is C19H25NO5. The van der Waals surface area contributed by atoms with E-state index in [4.69, 9.17) is 4.74 Å². The molecular weight excluding hydrogens is 322 g/mol. The van der Waals surface area contributed by atoms with Gasteiger partial charge in [0.05, 0.1) is 5.92 Å². The third-order valence-electron chi connectivity index (χ3n) is 3.69. The Bertz CT molecular complexity index is 646. The molecule has 1 aromatic carbocycles. The van der Waals surface area contributed by atoms with Crippen molar-refractivity contribution >= 4 is 11.8 Å². The molecule has 0 saturated carbocycles. The molecule has 25 heavy (non-hydrogen) atoms. The average molecular weight is 347 g/mol. The van der Waals surface area contributed by atoms with E-state index in [1.54, 1.807) is 58.0 Å². The Balaban J connectivity index is 3.44. The Hall–Kier alpha value is -2.50. The lowest BCUT2D eigenvalue weighted by Gasteiger charge is -2.28. The molecule has 0 spiro atoms. The van der Waals surface area contributed by atoms with Crippen LogP contribution in [0.5, 0.6) is 0 Å². The number of benzene rings is 1. The van der Waals surface area contributed by atoms with E-state index in [-0.39, 0.29) is 0 Å². The van der Waals surface area contributed by atoms with Crippen LogP contribution in [0, 0.1) is 16.0 Å². The number of nitrogens with zero attached hydrogens (tertiary/aromatic N) is 1. The lowest BCUT2D eigenvalue weighted by molar-refractivity contribution is -0.523. The van der Waals surface area contributed by atoms with Crippen molar-refractivity contribution < 1.29 is 19.2 Å². The fraction of sp³-hybridized carbons (Fsp3) is 0.474. The van der Waals surface area contributed by atoms with Gasteiger partial charge in [0.25, 0.3) is 0 Å². The van der Waals surface area contributed by atoms with Gasteiger partial charge in [-0.25, -0.2) is 0 Å². The highest BCUT2D eigenvalue weighted by atomic mass is 16.6. The maximum atomic E-state index is 12.7.